The first-order valence-electron chi connectivity index (χ1n) is 6.61. The second-order valence-corrected chi connectivity index (χ2v) is 5.68. The number of hydrogen-bond acceptors (Lipinski definition) is 4. The van der Waals surface area contributed by atoms with Gasteiger partial charge < -0.3 is 4.74 Å². The molecule has 5 nitrogen and oxygen atoms in total. The van der Waals surface area contributed by atoms with E-state index < -0.39 is 5.60 Å². The zero-order valence-electron chi connectivity index (χ0n) is 12.8. The summed E-state index contributed by atoms with van der Waals surface area (Å²) in [6, 6.07) is 5.47. The van der Waals surface area contributed by atoms with Crippen molar-refractivity contribution >= 4 is 17.7 Å². The molecule has 0 N–H and O–H groups in total. The third-order valence-electron chi connectivity index (χ3n) is 2.55. The third kappa shape index (κ3) is 5.38. The molecule has 1 aromatic heterocycles. The minimum atomic E-state index is -0.524. The molecule has 0 radical (unpaired) electrons. The number of carbonyl (C=O) groups excluding carboxylic acids is 2. The number of anilines is 1. The fourth-order valence-electron chi connectivity index (χ4n) is 1.61. The highest BCUT2D eigenvalue weighted by molar-refractivity contribution is 5.93. The Morgan fingerprint density at radius 1 is 1.25 bits per heavy atom. The normalized spacial score (nSPS) is 11.1. The van der Waals surface area contributed by atoms with Crippen LogP contribution in [0, 0.1) is 6.92 Å². The highest BCUT2D eigenvalue weighted by Gasteiger charge is 2.19. The van der Waals surface area contributed by atoms with Crippen molar-refractivity contribution in [2.75, 3.05) is 11.9 Å². The van der Waals surface area contributed by atoms with E-state index in [0.29, 0.717) is 5.82 Å². The lowest BCUT2D eigenvalue weighted by Crippen LogP contribution is -2.29. The molecule has 0 aliphatic heterocycles. The zero-order valence-corrected chi connectivity index (χ0v) is 12.8. The summed E-state index contributed by atoms with van der Waals surface area (Å²) in [5.74, 6) is 0.0598. The Morgan fingerprint density at radius 3 is 2.45 bits per heavy atom. The van der Waals surface area contributed by atoms with Gasteiger partial charge in [-0.3, -0.25) is 14.5 Å². The molecule has 0 saturated carbocycles. The maximum absolute atomic E-state index is 12.0. The predicted molar refractivity (Wildman–Crippen MR) is 77.5 cm³/mol. The Hall–Kier alpha value is -1.91. The van der Waals surface area contributed by atoms with Gasteiger partial charge in [0.25, 0.3) is 0 Å². The standard InChI is InChI=1S/C15H22N2O3/c1-11-7-6-8-12(16-11)17(5)13(18)9-10-14(19)20-15(2,3)4/h6-8H,9-10H2,1-5H3. The molecule has 0 unspecified atom stereocenters. The summed E-state index contributed by atoms with van der Waals surface area (Å²) in [4.78, 5) is 29.3. The van der Waals surface area contributed by atoms with E-state index in [1.165, 1.54) is 4.90 Å². The van der Waals surface area contributed by atoms with Gasteiger partial charge in [-0.1, -0.05) is 6.07 Å². The maximum atomic E-state index is 12.0. The van der Waals surface area contributed by atoms with Crippen LogP contribution in [0.3, 0.4) is 0 Å². The predicted octanol–water partition coefficient (Wildman–Crippen LogP) is 2.47. The minimum absolute atomic E-state index is 0.0757. The number of aromatic nitrogens is 1. The largest absolute Gasteiger partial charge is 0.460 e. The van der Waals surface area contributed by atoms with E-state index in [1.54, 1.807) is 33.9 Å². The quantitative estimate of drug-likeness (QED) is 0.794. The van der Waals surface area contributed by atoms with Crippen LogP contribution < -0.4 is 4.90 Å². The number of hydrogen-bond donors (Lipinski definition) is 0. The maximum Gasteiger partial charge on any atom is 0.306 e. The van der Waals surface area contributed by atoms with Crippen molar-refractivity contribution in [2.24, 2.45) is 0 Å². The van der Waals surface area contributed by atoms with Crippen molar-refractivity contribution in [1.29, 1.82) is 0 Å². The van der Waals surface area contributed by atoms with Crippen molar-refractivity contribution in [3.05, 3.63) is 23.9 Å². The molecule has 0 aliphatic rings. The molecule has 1 aromatic rings. The summed E-state index contributed by atoms with van der Waals surface area (Å²) in [5.41, 5.74) is 0.318. The van der Waals surface area contributed by atoms with Gasteiger partial charge in [-0.25, -0.2) is 4.98 Å². The van der Waals surface area contributed by atoms with Crippen LogP contribution in [0.4, 0.5) is 5.82 Å². The number of esters is 1. The summed E-state index contributed by atoms with van der Waals surface area (Å²) < 4.78 is 5.17. The van der Waals surface area contributed by atoms with Crippen LogP contribution >= 0.6 is 0 Å². The number of nitrogens with zero attached hydrogens (tertiary/aromatic N) is 2. The zero-order chi connectivity index (χ0) is 15.3. The summed E-state index contributed by atoms with van der Waals surface area (Å²) in [6.07, 6.45) is 0.188. The van der Waals surface area contributed by atoms with Crippen LogP contribution in [0.1, 0.15) is 39.3 Å². The smallest absolute Gasteiger partial charge is 0.306 e. The molecule has 1 rings (SSSR count). The number of aryl methyl sites for hydroxylation is 1. The lowest BCUT2D eigenvalue weighted by Gasteiger charge is -2.20. The molecular weight excluding hydrogens is 256 g/mol. The van der Waals surface area contributed by atoms with Gasteiger partial charge in [0.2, 0.25) is 5.91 Å². The van der Waals surface area contributed by atoms with Gasteiger partial charge in [0.1, 0.15) is 11.4 Å². The van der Waals surface area contributed by atoms with E-state index in [2.05, 4.69) is 4.98 Å². The minimum Gasteiger partial charge on any atom is -0.460 e. The van der Waals surface area contributed by atoms with Gasteiger partial charge in [0, 0.05) is 19.2 Å². The average molecular weight is 278 g/mol. The average Bonchev–Trinajstić information content (AvgIpc) is 2.33. The summed E-state index contributed by atoms with van der Waals surface area (Å²) in [6.45, 7) is 7.27. The van der Waals surface area contributed by atoms with Crippen LogP contribution in [0.25, 0.3) is 0 Å². The van der Waals surface area contributed by atoms with Crippen molar-refractivity contribution < 1.29 is 14.3 Å². The highest BCUT2D eigenvalue weighted by atomic mass is 16.6. The molecule has 0 aromatic carbocycles. The van der Waals surface area contributed by atoms with E-state index in [-0.39, 0.29) is 24.7 Å². The molecule has 0 spiro atoms. The first kappa shape index (κ1) is 16.1. The molecule has 20 heavy (non-hydrogen) atoms. The lowest BCUT2D eigenvalue weighted by atomic mass is 10.2. The second-order valence-electron chi connectivity index (χ2n) is 5.68. The van der Waals surface area contributed by atoms with Crippen LogP contribution in [-0.2, 0) is 14.3 Å². The lowest BCUT2D eigenvalue weighted by molar-refractivity contribution is -0.155. The number of amides is 1. The number of rotatable bonds is 4. The highest BCUT2D eigenvalue weighted by Crippen LogP contribution is 2.13. The van der Waals surface area contributed by atoms with Crippen molar-refractivity contribution in [2.45, 2.75) is 46.1 Å². The summed E-state index contributed by atoms with van der Waals surface area (Å²) >= 11 is 0. The molecule has 0 saturated heterocycles. The Morgan fingerprint density at radius 2 is 1.90 bits per heavy atom. The van der Waals surface area contributed by atoms with Crippen LogP contribution in [-0.4, -0.2) is 29.5 Å². The Bertz CT molecular complexity index is 492. The Kier molecular flexibility index (Phi) is 5.25. The van der Waals surface area contributed by atoms with Crippen LogP contribution in [0.5, 0.6) is 0 Å². The molecule has 5 heteroatoms. The first-order valence-corrected chi connectivity index (χ1v) is 6.61. The van der Waals surface area contributed by atoms with Gasteiger partial charge in [-0.2, -0.15) is 0 Å². The van der Waals surface area contributed by atoms with Gasteiger partial charge in [-0.05, 0) is 39.8 Å². The first-order chi connectivity index (χ1) is 9.19. The molecule has 1 amide bonds. The van der Waals surface area contributed by atoms with Crippen LogP contribution in [0.2, 0.25) is 0 Å². The second kappa shape index (κ2) is 6.50. The molecule has 1 heterocycles. The summed E-state index contributed by atoms with van der Waals surface area (Å²) in [5, 5.41) is 0. The molecule has 0 aliphatic carbocycles. The monoisotopic (exact) mass is 278 g/mol. The van der Waals surface area contributed by atoms with E-state index in [4.69, 9.17) is 4.74 Å². The fraction of sp³-hybridized carbons (Fsp3) is 0.533. The molecule has 110 valence electrons. The van der Waals surface area contributed by atoms with Gasteiger partial charge in [-0.15, -0.1) is 0 Å². The van der Waals surface area contributed by atoms with Crippen LogP contribution in [0.15, 0.2) is 18.2 Å². The van der Waals surface area contributed by atoms with E-state index in [9.17, 15) is 9.59 Å². The topological polar surface area (TPSA) is 59.5 Å². The van der Waals surface area contributed by atoms with E-state index in [0.717, 1.165) is 5.69 Å². The van der Waals surface area contributed by atoms with E-state index >= 15 is 0 Å². The Balaban J connectivity index is 2.53. The Labute approximate surface area is 119 Å². The van der Waals surface area contributed by atoms with Gasteiger partial charge in [0.15, 0.2) is 0 Å². The SMILES string of the molecule is Cc1cccc(N(C)C(=O)CCC(=O)OC(C)(C)C)n1. The number of pyridine rings is 1. The molecule has 0 bridgehead atoms. The molecular formula is C15H22N2O3. The fourth-order valence-corrected chi connectivity index (χ4v) is 1.61. The summed E-state index contributed by atoms with van der Waals surface area (Å²) in [7, 11) is 1.65. The van der Waals surface area contributed by atoms with Crippen molar-refractivity contribution in [3.63, 3.8) is 0 Å². The third-order valence-corrected chi connectivity index (χ3v) is 2.55. The van der Waals surface area contributed by atoms with Crippen molar-refractivity contribution in [1.82, 2.24) is 4.98 Å². The molecule has 0 fully saturated rings. The van der Waals surface area contributed by atoms with Crippen molar-refractivity contribution in [3.8, 4) is 0 Å². The van der Waals surface area contributed by atoms with Gasteiger partial charge in [0.05, 0.1) is 6.42 Å². The van der Waals surface area contributed by atoms with E-state index in [1.807, 2.05) is 19.1 Å². The molecule has 0 atom stereocenters. The number of carbonyl (C=O) groups is 2. The number of ether oxygens (including phenoxy) is 1. The van der Waals surface area contributed by atoms with Gasteiger partial charge >= 0.3 is 5.97 Å².